The van der Waals surface area contributed by atoms with Crippen molar-refractivity contribution in [3.8, 4) is 11.1 Å². The Balaban J connectivity index is 1.58. The van der Waals surface area contributed by atoms with Crippen LogP contribution in [-0.2, 0) is 9.53 Å². The molecule has 2 N–H and O–H groups in total. The van der Waals surface area contributed by atoms with E-state index < -0.39 is 0 Å². The van der Waals surface area contributed by atoms with E-state index in [1.54, 1.807) is 6.92 Å². The van der Waals surface area contributed by atoms with Gasteiger partial charge >= 0.3 is 12.0 Å². The number of hydrogen-bond donors (Lipinski definition) is 2. The Morgan fingerprint density at radius 1 is 1.14 bits per heavy atom. The molecule has 0 saturated heterocycles. The third kappa shape index (κ3) is 5.29. The van der Waals surface area contributed by atoms with Gasteiger partial charge in [-0.3, -0.25) is 10.1 Å². The number of fused-ring (bicyclic) bond motifs is 1. The van der Waals surface area contributed by atoms with Gasteiger partial charge in [0.15, 0.2) is 5.13 Å². The molecule has 146 valence electrons. The SMILES string of the molecule is CCOC(=O)CCCNC(=O)Nc1nc2ccc(-c3cccc(C)c3)cc2s1. The second kappa shape index (κ2) is 9.32. The van der Waals surface area contributed by atoms with E-state index in [0.717, 1.165) is 21.3 Å². The second-order valence-corrected chi connectivity index (χ2v) is 7.39. The van der Waals surface area contributed by atoms with E-state index in [2.05, 4.69) is 46.8 Å². The Morgan fingerprint density at radius 2 is 1.96 bits per heavy atom. The van der Waals surface area contributed by atoms with Crippen LogP contribution in [0.4, 0.5) is 9.93 Å². The van der Waals surface area contributed by atoms with Gasteiger partial charge in [0.2, 0.25) is 0 Å². The van der Waals surface area contributed by atoms with Crippen molar-refractivity contribution in [2.75, 3.05) is 18.5 Å². The van der Waals surface area contributed by atoms with Gasteiger partial charge in [0.1, 0.15) is 0 Å². The summed E-state index contributed by atoms with van der Waals surface area (Å²) >= 11 is 1.43. The number of nitrogens with zero attached hydrogens (tertiary/aromatic N) is 1. The highest BCUT2D eigenvalue weighted by Crippen LogP contribution is 2.30. The molecule has 2 aromatic carbocycles. The summed E-state index contributed by atoms with van der Waals surface area (Å²) in [6, 6.07) is 14.1. The molecule has 0 aliphatic carbocycles. The summed E-state index contributed by atoms with van der Waals surface area (Å²) in [7, 11) is 0. The lowest BCUT2D eigenvalue weighted by molar-refractivity contribution is -0.143. The highest BCUT2D eigenvalue weighted by atomic mass is 32.1. The van der Waals surface area contributed by atoms with Crippen LogP contribution in [0.15, 0.2) is 42.5 Å². The van der Waals surface area contributed by atoms with Gasteiger partial charge in [-0.05, 0) is 43.5 Å². The van der Waals surface area contributed by atoms with Crippen molar-refractivity contribution in [3.63, 3.8) is 0 Å². The van der Waals surface area contributed by atoms with Crippen LogP contribution in [0.25, 0.3) is 21.3 Å². The van der Waals surface area contributed by atoms with Gasteiger partial charge in [0.25, 0.3) is 0 Å². The molecule has 1 aromatic heterocycles. The number of benzene rings is 2. The smallest absolute Gasteiger partial charge is 0.321 e. The zero-order chi connectivity index (χ0) is 19.9. The van der Waals surface area contributed by atoms with E-state index in [4.69, 9.17) is 4.74 Å². The largest absolute Gasteiger partial charge is 0.466 e. The van der Waals surface area contributed by atoms with Crippen molar-refractivity contribution in [2.45, 2.75) is 26.7 Å². The number of thiazole rings is 1. The third-order valence-corrected chi connectivity index (χ3v) is 5.04. The molecule has 0 saturated carbocycles. The number of carbonyl (C=O) groups is 2. The molecule has 7 heteroatoms. The van der Waals surface area contributed by atoms with E-state index in [0.29, 0.717) is 24.7 Å². The summed E-state index contributed by atoms with van der Waals surface area (Å²) in [5.41, 5.74) is 4.34. The normalized spacial score (nSPS) is 10.6. The molecule has 6 nitrogen and oxygen atoms in total. The van der Waals surface area contributed by atoms with E-state index in [9.17, 15) is 9.59 Å². The van der Waals surface area contributed by atoms with Crippen LogP contribution in [0.2, 0.25) is 0 Å². The van der Waals surface area contributed by atoms with E-state index >= 15 is 0 Å². The zero-order valence-corrected chi connectivity index (χ0v) is 16.8. The molecule has 0 aliphatic rings. The van der Waals surface area contributed by atoms with Crippen LogP contribution >= 0.6 is 11.3 Å². The summed E-state index contributed by atoms with van der Waals surface area (Å²) in [6.07, 6.45) is 0.822. The van der Waals surface area contributed by atoms with Crippen LogP contribution in [-0.4, -0.2) is 30.1 Å². The predicted molar refractivity (Wildman–Crippen MR) is 113 cm³/mol. The summed E-state index contributed by atoms with van der Waals surface area (Å²) in [4.78, 5) is 27.7. The minimum Gasteiger partial charge on any atom is -0.466 e. The van der Waals surface area contributed by atoms with Gasteiger partial charge < -0.3 is 10.1 Å². The first kappa shape index (κ1) is 19.8. The molecule has 0 fully saturated rings. The highest BCUT2D eigenvalue weighted by Gasteiger charge is 2.09. The summed E-state index contributed by atoms with van der Waals surface area (Å²) in [5.74, 6) is -0.250. The number of esters is 1. The minimum atomic E-state index is -0.332. The average molecular weight is 398 g/mol. The van der Waals surface area contributed by atoms with Gasteiger partial charge in [0.05, 0.1) is 16.8 Å². The molecule has 0 spiro atoms. The molecule has 0 unspecified atom stereocenters. The first-order valence-corrected chi connectivity index (χ1v) is 10.0. The first-order valence-electron chi connectivity index (χ1n) is 9.23. The van der Waals surface area contributed by atoms with E-state index in [1.165, 1.54) is 16.9 Å². The summed E-state index contributed by atoms with van der Waals surface area (Å²) in [5, 5.41) is 6.02. The number of nitrogens with one attached hydrogen (secondary N) is 2. The number of anilines is 1. The number of aromatic nitrogens is 1. The quantitative estimate of drug-likeness (QED) is 0.446. The molecular weight excluding hydrogens is 374 g/mol. The number of aryl methyl sites for hydroxylation is 1. The average Bonchev–Trinajstić information content (AvgIpc) is 3.06. The van der Waals surface area contributed by atoms with Crippen LogP contribution in [0.5, 0.6) is 0 Å². The molecule has 0 aliphatic heterocycles. The van der Waals surface area contributed by atoms with Crippen molar-refractivity contribution >= 4 is 38.7 Å². The van der Waals surface area contributed by atoms with Gasteiger partial charge in [-0.15, -0.1) is 0 Å². The van der Waals surface area contributed by atoms with Crippen molar-refractivity contribution in [1.29, 1.82) is 0 Å². The van der Waals surface area contributed by atoms with Crippen molar-refractivity contribution < 1.29 is 14.3 Å². The maximum absolute atomic E-state index is 12.0. The Labute approximate surface area is 167 Å². The number of carbonyl (C=O) groups excluding carboxylic acids is 2. The van der Waals surface area contributed by atoms with Gasteiger partial charge in [0, 0.05) is 13.0 Å². The molecule has 3 rings (SSSR count). The van der Waals surface area contributed by atoms with Crippen molar-refractivity contribution in [2.24, 2.45) is 0 Å². The maximum atomic E-state index is 12.0. The Hall–Kier alpha value is -2.93. The Kier molecular flexibility index (Phi) is 6.60. The predicted octanol–water partition coefficient (Wildman–Crippen LogP) is 4.74. The molecular formula is C21H23N3O3S. The lowest BCUT2D eigenvalue weighted by atomic mass is 10.0. The minimum absolute atomic E-state index is 0.250. The lowest BCUT2D eigenvalue weighted by Gasteiger charge is -2.05. The fourth-order valence-corrected chi connectivity index (χ4v) is 3.69. The number of urea groups is 1. The molecule has 28 heavy (non-hydrogen) atoms. The van der Waals surface area contributed by atoms with Gasteiger partial charge in [-0.2, -0.15) is 0 Å². The van der Waals surface area contributed by atoms with Gasteiger partial charge in [-0.25, -0.2) is 9.78 Å². The number of amides is 2. The molecule has 1 heterocycles. The van der Waals surface area contributed by atoms with Crippen LogP contribution < -0.4 is 10.6 Å². The summed E-state index contributed by atoms with van der Waals surface area (Å²) < 4.78 is 5.86. The molecule has 0 atom stereocenters. The topological polar surface area (TPSA) is 80.3 Å². The standard InChI is InChI=1S/C21H23N3O3S/c1-3-27-19(25)8-5-11-22-20(26)24-21-23-17-10-9-16(13-18(17)28-21)15-7-4-6-14(2)12-15/h4,6-7,9-10,12-13H,3,5,8,11H2,1-2H3,(H2,22,23,24,26). The van der Waals surface area contributed by atoms with Crippen molar-refractivity contribution in [3.05, 3.63) is 48.0 Å². The monoisotopic (exact) mass is 397 g/mol. The highest BCUT2D eigenvalue weighted by molar-refractivity contribution is 7.22. The van der Waals surface area contributed by atoms with E-state index in [1.807, 2.05) is 18.2 Å². The second-order valence-electron chi connectivity index (χ2n) is 6.36. The lowest BCUT2D eigenvalue weighted by Crippen LogP contribution is -2.29. The molecule has 3 aromatic rings. The van der Waals surface area contributed by atoms with Crippen LogP contribution in [0, 0.1) is 6.92 Å². The zero-order valence-electron chi connectivity index (χ0n) is 16.0. The third-order valence-electron chi connectivity index (χ3n) is 4.11. The number of ether oxygens (including phenoxy) is 1. The number of rotatable bonds is 7. The van der Waals surface area contributed by atoms with Crippen LogP contribution in [0.3, 0.4) is 0 Å². The molecule has 2 amide bonds. The first-order chi connectivity index (χ1) is 13.5. The molecule has 0 radical (unpaired) electrons. The van der Waals surface area contributed by atoms with E-state index in [-0.39, 0.29) is 18.4 Å². The fourth-order valence-electron chi connectivity index (χ4n) is 2.79. The van der Waals surface area contributed by atoms with Gasteiger partial charge in [-0.1, -0.05) is 47.2 Å². The van der Waals surface area contributed by atoms with Crippen molar-refractivity contribution in [1.82, 2.24) is 10.3 Å². The Bertz CT molecular complexity index is 984. The fraction of sp³-hybridized carbons (Fsp3) is 0.286. The molecule has 0 bridgehead atoms. The van der Waals surface area contributed by atoms with Crippen LogP contribution in [0.1, 0.15) is 25.3 Å². The Morgan fingerprint density at radius 3 is 2.75 bits per heavy atom. The maximum Gasteiger partial charge on any atom is 0.321 e. The summed E-state index contributed by atoms with van der Waals surface area (Å²) in [6.45, 7) is 4.61. The number of hydrogen-bond acceptors (Lipinski definition) is 5.